The van der Waals surface area contributed by atoms with Crippen molar-refractivity contribution in [3.8, 4) is 5.75 Å². The monoisotopic (exact) mass is 499 g/mol. The van der Waals surface area contributed by atoms with E-state index in [0.29, 0.717) is 11.3 Å². The first kappa shape index (κ1) is 25.9. The fraction of sp³-hybridized carbons (Fsp3) is 0.200. The van der Waals surface area contributed by atoms with Crippen molar-refractivity contribution in [2.75, 3.05) is 7.05 Å². The van der Waals surface area contributed by atoms with Gasteiger partial charge in [0, 0.05) is 19.2 Å². The van der Waals surface area contributed by atoms with Crippen molar-refractivity contribution in [1.82, 2.24) is 15.2 Å². The number of hydrazine groups is 1. The summed E-state index contributed by atoms with van der Waals surface area (Å²) in [5.41, 5.74) is 6.49. The second-order valence-corrected chi connectivity index (χ2v) is 9.97. The quantitative estimate of drug-likeness (QED) is 0.463. The van der Waals surface area contributed by atoms with Crippen molar-refractivity contribution in [1.29, 1.82) is 0 Å². The average molecular weight is 500 g/mol. The van der Waals surface area contributed by atoms with Crippen LogP contribution in [-0.4, -0.2) is 37.7 Å². The minimum Gasteiger partial charge on any atom is -0.481 e. The molecule has 0 radical (unpaired) electrons. The van der Waals surface area contributed by atoms with Gasteiger partial charge in [-0.2, -0.15) is 4.31 Å². The van der Waals surface area contributed by atoms with Crippen LogP contribution in [0.1, 0.15) is 28.4 Å². The molecular weight excluding hydrogens is 473 g/mol. The molecule has 0 aliphatic carbocycles. The number of benzene rings is 3. The Morgan fingerprint density at radius 2 is 1.54 bits per heavy atom. The van der Waals surface area contributed by atoms with Gasteiger partial charge >= 0.3 is 0 Å². The summed E-state index contributed by atoms with van der Waals surface area (Å²) in [6.07, 6.45) is -0.936. The molecule has 10 heteroatoms. The summed E-state index contributed by atoms with van der Waals surface area (Å²) >= 11 is 0. The zero-order chi connectivity index (χ0) is 25.6. The van der Waals surface area contributed by atoms with Crippen molar-refractivity contribution < 1.29 is 27.1 Å². The maximum absolute atomic E-state index is 13.0. The highest BCUT2D eigenvalue weighted by Gasteiger charge is 2.21. The van der Waals surface area contributed by atoms with E-state index in [4.69, 9.17) is 4.74 Å². The molecule has 8 nitrogen and oxygen atoms in total. The van der Waals surface area contributed by atoms with Gasteiger partial charge in [0.2, 0.25) is 10.0 Å². The number of sulfonamides is 1. The molecule has 0 heterocycles. The van der Waals surface area contributed by atoms with E-state index in [1.54, 1.807) is 36.4 Å². The van der Waals surface area contributed by atoms with Crippen LogP contribution in [0.2, 0.25) is 0 Å². The number of nitrogens with one attached hydrogen (secondary N) is 2. The van der Waals surface area contributed by atoms with Crippen LogP contribution in [0.25, 0.3) is 0 Å². The van der Waals surface area contributed by atoms with E-state index in [9.17, 15) is 22.4 Å². The van der Waals surface area contributed by atoms with Gasteiger partial charge < -0.3 is 4.74 Å². The van der Waals surface area contributed by atoms with Gasteiger partial charge in [0.1, 0.15) is 11.6 Å². The van der Waals surface area contributed by atoms with Gasteiger partial charge in [-0.1, -0.05) is 29.8 Å². The molecule has 1 unspecified atom stereocenters. The molecule has 0 saturated carbocycles. The Morgan fingerprint density at radius 1 is 0.943 bits per heavy atom. The highest BCUT2D eigenvalue weighted by molar-refractivity contribution is 7.89. The molecular formula is C25H26FN3O5S. The van der Waals surface area contributed by atoms with Crippen molar-refractivity contribution in [3.05, 3.63) is 95.3 Å². The molecule has 3 aromatic rings. The fourth-order valence-corrected chi connectivity index (χ4v) is 4.22. The predicted octanol–water partition coefficient (Wildman–Crippen LogP) is 3.18. The van der Waals surface area contributed by atoms with Gasteiger partial charge in [0.25, 0.3) is 11.8 Å². The van der Waals surface area contributed by atoms with Gasteiger partial charge in [-0.3, -0.25) is 20.4 Å². The van der Waals surface area contributed by atoms with Gasteiger partial charge in [0.15, 0.2) is 6.10 Å². The van der Waals surface area contributed by atoms with E-state index < -0.39 is 33.8 Å². The lowest BCUT2D eigenvalue weighted by atomic mass is 10.1. The Morgan fingerprint density at radius 3 is 2.14 bits per heavy atom. The highest BCUT2D eigenvalue weighted by Crippen LogP contribution is 2.18. The van der Waals surface area contributed by atoms with Gasteiger partial charge in [0.05, 0.1) is 4.90 Å². The summed E-state index contributed by atoms with van der Waals surface area (Å²) in [4.78, 5) is 24.7. The Kier molecular flexibility index (Phi) is 8.21. The highest BCUT2D eigenvalue weighted by atomic mass is 32.2. The lowest BCUT2D eigenvalue weighted by Crippen LogP contribution is -2.47. The summed E-state index contributed by atoms with van der Waals surface area (Å²) in [7, 11) is -2.17. The van der Waals surface area contributed by atoms with Crippen LogP contribution in [0.4, 0.5) is 4.39 Å². The number of nitrogens with zero attached hydrogens (tertiary/aromatic N) is 1. The largest absolute Gasteiger partial charge is 0.481 e. The van der Waals surface area contributed by atoms with E-state index in [1.165, 1.54) is 54.7 Å². The summed E-state index contributed by atoms with van der Waals surface area (Å²) in [6.45, 7) is 3.49. The normalized spacial score (nSPS) is 12.1. The SMILES string of the molecule is Cc1ccc(S(=O)(=O)N(C)Cc2ccc(C(=O)NNC(=O)C(C)Oc3ccc(F)cc3)cc2)cc1. The summed E-state index contributed by atoms with van der Waals surface area (Å²) in [5.74, 6) is -1.26. The second-order valence-electron chi connectivity index (χ2n) is 7.93. The molecule has 35 heavy (non-hydrogen) atoms. The van der Waals surface area contributed by atoms with Crippen molar-refractivity contribution in [3.63, 3.8) is 0 Å². The third-order valence-corrected chi connectivity index (χ3v) is 6.96. The first-order valence-electron chi connectivity index (χ1n) is 10.7. The zero-order valence-electron chi connectivity index (χ0n) is 19.5. The number of carbonyl (C=O) groups excluding carboxylic acids is 2. The van der Waals surface area contributed by atoms with Crippen LogP contribution in [-0.2, 0) is 21.4 Å². The molecule has 0 spiro atoms. The minimum atomic E-state index is -3.66. The molecule has 0 aliphatic rings. The number of rotatable bonds is 8. The van der Waals surface area contributed by atoms with Gasteiger partial charge in [-0.25, -0.2) is 12.8 Å². The average Bonchev–Trinajstić information content (AvgIpc) is 2.84. The second kappa shape index (κ2) is 11.1. The number of amides is 2. The van der Waals surface area contributed by atoms with E-state index in [-0.39, 0.29) is 17.0 Å². The van der Waals surface area contributed by atoms with Crippen LogP contribution < -0.4 is 15.6 Å². The van der Waals surface area contributed by atoms with Crippen LogP contribution in [0.3, 0.4) is 0 Å². The number of hydrogen-bond donors (Lipinski definition) is 2. The number of aryl methyl sites for hydroxylation is 1. The predicted molar refractivity (Wildman–Crippen MR) is 128 cm³/mol. The van der Waals surface area contributed by atoms with Gasteiger partial charge in [-0.15, -0.1) is 0 Å². The van der Waals surface area contributed by atoms with Crippen molar-refractivity contribution in [2.24, 2.45) is 0 Å². The van der Waals surface area contributed by atoms with Gasteiger partial charge in [-0.05, 0) is 67.9 Å². The molecule has 184 valence electrons. The molecule has 0 fully saturated rings. The van der Waals surface area contributed by atoms with Crippen LogP contribution in [0.5, 0.6) is 5.75 Å². The third-order valence-electron chi connectivity index (χ3n) is 5.15. The van der Waals surface area contributed by atoms with E-state index in [1.807, 2.05) is 6.92 Å². The standard InChI is InChI=1S/C25H26FN3O5S/c1-17-4-14-23(15-5-17)35(32,33)29(3)16-19-6-8-20(9-7-19)25(31)28-27-24(30)18(2)34-22-12-10-21(26)11-13-22/h4-15,18H,16H2,1-3H3,(H,27,30)(H,28,31). The number of hydrogen-bond acceptors (Lipinski definition) is 5. The van der Waals surface area contributed by atoms with Crippen LogP contribution in [0, 0.1) is 12.7 Å². The topological polar surface area (TPSA) is 105 Å². The third kappa shape index (κ3) is 6.87. The van der Waals surface area contributed by atoms with Crippen LogP contribution >= 0.6 is 0 Å². The summed E-state index contributed by atoms with van der Waals surface area (Å²) in [5, 5.41) is 0. The maximum atomic E-state index is 13.0. The molecule has 0 saturated heterocycles. The van der Waals surface area contributed by atoms with Crippen LogP contribution in [0.15, 0.2) is 77.7 Å². The first-order chi connectivity index (χ1) is 16.6. The maximum Gasteiger partial charge on any atom is 0.279 e. The molecule has 0 bridgehead atoms. The summed E-state index contributed by atoms with van der Waals surface area (Å²) in [6, 6.07) is 18.1. The fourth-order valence-electron chi connectivity index (χ4n) is 3.06. The van der Waals surface area contributed by atoms with E-state index >= 15 is 0 Å². The number of halogens is 1. The van der Waals surface area contributed by atoms with E-state index in [0.717, 1.165) is 5.56 Å². The molecule has 3 aromatic carbocycles. The molecule has 2 amide bonds. The molecule has 2 N–H and O–H groups in total. The molecule has 0 aromatic heterocycles. The first-order valence-corrected chi connectivity index (χ1v) is 12.1. The Hall–Kier alpha value is -3.76. The van der Waals surface area contributed by atoms with Crippen molar-refractivity contribution >= 4 is 21.8 Å². The lowest BCUT2D eigenvalue weighted by molar-refractivity contribution is -0.128. The molecule has 3 rings (SSSR count). The number of carbonyl (C=O) groups is 2. The minimum absolute atomic E-state index is 0.118. The Labute approximate surface area is 203 Å². The Balaban J connectivity index is 1.53. The smallest absolute Gasteiger partial charge is 0.279 e. The molecule has 1 atom stereocenters. The summed E-state index contributed by atoms with van der Waals surface area (Å²) < 4.78 is 45.1. The number of ether oxygens (including phenoxy) is 1. The van der Waals surface area contributed by atoms with E-state index in [2.05, 4.69) is 10.9 Å². The zero-order valence-corrected chi connectivity index (χ0v) is 20.3. The lowest BCUT2D eigenvalue weighted by Gasteiger charge is -2.18. The molecule has 0 aliphatic heterocycles. The Bertz CT molecular complexity index is 1280. The van der Waals surface area contributed by atoms with Crippen molar-refractivity contribution in [2.45, 2.75) is 31.4 Å².